The van der Waals surface area contributed by atoms with Crippen molar-refractivity contribution in [1.29, 1.82) is 0 Å². The van der Waals surface area contributed by atoms with E-state index in [0.29, 0.717) is 5.54 Å². The summed E-state index contributed by atoms with van der Waals surface area (Å²) in [6, 6.07) is 4.50. The summed E-state index contributed by atoms with van der Waals surface area (Å²) in [6.45, 7) is 6.52. The first-order valence-corrected chi connectivity index (χ1v) is 6.44. The van der Waals surface area contributed by atoms with E-state index in [9.17, 15) is 0 Å². The largest absolute Gasteiger partial charge is 0.262 e. The number of hydrogen-bond donors (Lipinski definition) is 0. The molecule has 2 rings (SSSR count). The third-order valence-electron chi connectivity index (χ3n) is 2.97. The number of rotatable bonds is 2. The Balaban J connectivity index is 2.31. The average molecular weight is 274 g/mol. The fourth-order valence-corrected chi connectivity index (χ4v) is 3.34. The van der Waals surface area contributed by atoms with Gasteiger partial charge in [0.1, 0.15) is 0 Å². The van der Waals surface area contributed by atoms with Gasteiger partial charge in [-0.25, -0.2) is 0 Å². The predicted molar refractivity (Wildman–Crippen MR) is 75.4 cm³/mol. The Hall–Kier alpha value is -0.235. The van der Waals surface area contributed by atoms with Crippen molar-refractivity contribution in [3.05, 3.63) is 60.3 Å². The van der Waals surface area contributed by atoms with Crippen LogP contribution in [0.2, 0.25) is 0 Å². The number of benzene rings is 1. The van der Waals surface area contributed by atoms with Gasteiger partial charge in [-0.3, -0.25) is 0 Å². The van der Waals surface area contributed by atoms with Crippen molar-refractivity contribution < 1.29 is 0 Å². The van der Waals surface area contributed by atoms with Crippen LogP contribution in [-0.4, -0.2) is 5.54 Å². The van der Waals surface area contributed by atoms with Crippen molar-refractivity contribution in [2.24, 2.45) is 0 Å². The fraction of sp³-hybridized carbons (Fsp3) is 0.214. The summed E-state index contributed by atoms with van der Waals surface area (Å²) in [7, 11) is 0. The summed E-state index contributed by atoms with van der Waals surface area (Å²) < 4.78 is 0. The van der Waals surface area contributed by atoms with Crippen LogP contribution in [0.1, 0.15) is 16.7 Å². The van der Waals surface area contributed by atoms with Crippen molar-refractivity contribution in [3.63, 3.8) is 0 Å². The highest BCUT2D eigenvalue weighted by molar-refractivity contribution is 9.25. The fourth-order valence-electron chi connectivity index (χ4n) is 2.32. The Morgan fingerprint density at radius 2 is 1.44 bits per heavy atom. The average Bonchev–Trinajstić information content (AvgIpc) is 2.67. The lowest BCUT2D eigenvalue weighted by atomic mass is 9.55. The molecule has 0 amide bonds. The molecular weight excluding hydrogens is 259 g/mol. The number of hydrogen-bond acceptors (Lipinski definition) is 0. The maximum Gasteiger partial charge on any atom is 0.262 e. The van der Waals surface area contributed by atoms with E-state index < -0.39 is 0 Å². The molecule has 0 spiro atoms. The normalized spacial score (nSPS) is 16.8. The molecule has 0 aromatic heterocycles. The van der Waals surface area contributed by atoms with Crippen LogP contribution in [-0.2, 0) is 0 Å². The molecule has 1 aliphatic carbocycles. The molecule has 16 heavy (non-hydrogen) atoms. The molecule has 81 valence electrons. The van der Waals surface area contributed by atoms with Gasteiger partial charge in [-0.2, -0.15) is 0 Å². The summed E-state index contributed by atoms with van der Waals surface area (Å²) >= 11 is 3.80. The van der Waals surface area contributed by atoms with Gasteiger partial charge in [-0.1, -0.05) is 34.3 Å². The van der Waals surface area contributed by atoms with E-state index in [4.69, 9.17) is 0 Å². The van der Waals surface area contributed by atoms with Crippen LogP contribution in [0, 0.1) is 52.3 Å². The Bertz CT molecular complexity index is 357. The molecule has 1 aliphatic rings. The van der Waals surface area contributed by atoms with Gasteiger partial charge in [-0.05, 0) is 52.3 Å². The third kappa shape index (κ3) is 2.37. The zero-order valence-corrected chi connectivity index (χ0v) is 11.5. The lowest BCUT2D eigenvalue weighted by Gasteiger charge is -2.18. The van der Waals surface area contributed by atoms with E-state index in [1.807, 2.05) is 0 Å². The predicted octanol–water partition coefficient (Wildman–Crippen LogP) is 3.15. The standard InChI is InChI=1S/C14H15BBr/c1-10-8-11(2)14(12(3)9-10)15(16)13-6-4-5-7-13/h4-9H,1-3H3. The molecule has 0 unspecified atom stereocenters. The monoisotopic (exact) mass is 273 g/mol. The first kappa shape index (κ1) is 12.2. The van der Waals surface area contributed by atoms with E-state index in [-0.39, 0.29) is 0 Å². The molecule has 2 heteroatoms. The van der Waals surface area contributed by atoms with E-state index in [2.05, 4.69) is 74.3 Å². The van der Waals surface area contributed by atoms with Crippen molar-refractivity contribution in [1.82, 2.24) is 0 Å². The van der Waals surface area contributed by atoms with Crippen LogP contribution in [0.4, 0.5) is 0 Å². The van der Waals surface area contributed by atoms with Crippen LogP contribution < -0.4 is 5.46 Å². The Labute approximate surface area is 108 Å². The van der Waals surface area contributed by atoms with Crippen molar-refractivity contribution in [2.45, 2.75) is 20.8 Å². The Kier molecular flexibility index (Phi) is 3.79. The SMILES string of the molecule is Cc1cc(C)c(B(Br)[C]2[CH][CH][CH][CH]2)c(C)c1. The molecule has 5 radical (unpaired) electrons. The summed E-state index contributed by atoms with van der Waals surface area (Å²) in [4.78, 5) is 0. The van der Waals surface area contributed by atoms with Crippen LogP contribution >= 0.6 is 15.8 Å². The van der Waals surface area contributed by atoms with E-state index in [1.54, 1.807) is 0 Å². The van der Waals surface area contributed by atoms with E-state index >= 15 is 0 Å². The molecular formula is C14H15BBr. The molecule has 1 aromatic rings. The molecule has 0 nitrogen and oxygen atoms in total. The molecule has 0 N–H and O–H groups in total. The lowest BCUT2D eigenvalue weighted by Crippen LogP contribution is -2.34. The second kappa shape index (κ2) is 4.95. The number of aryl methyl sites for hydroxylation is 3. The van der Waals surface area contributed by atoms with Gasteiger partial charge in [0, 0.05) is 0 Å². The van der Waals surface area contributed by atoms with Gasteiger partial charge in [0.05, 0.1) is 0 Å². The maximum atomic E-state index is 3.80. The van der Waals surface area contributed by atoms with Crippen LogP contribution in [0.5, 0.6) is 0 Å². The van der Waals surface area contributed by atoms with Crippen LogP contribution in [0.3, 0.4) is 0 Å². The van der Waals surface area contributed by atoms with Crippen LogP contribution in [0.25, 0.3) is 0 Å². The van der Waals surface area contributed by atoms with Crippen LogP contribution in [0.15, 0.2) is 12.1 Å². The summed E-state index contributed by atoms with van der Waals surface area (Å²) in [5.74, 6) is 1.33. The first-order chi connectivity index (χ1) is 7.59. The first-order valence-electron chi connectivity index (χ1n) is 5.53. The minimum Gasteiger partial charge on any atom is -0.149 e. The molecule has 1 aromatic carbocycles. The van der Waals surface area contributed by atoms with E-state index in [0.717, 1.165) is 0 Å². The molecule has 0 aliphatic heterocycles. The zero-order chi connectivity index (χ0) is 11.7. The van der Waals surface area contributed by atoms with Crippen molar-refractivity contribution >= 4 is 26.8 Å². The highest BCUT2D eigenvalue weighted by atomic mass is 79.9. The maximum absolute atomic E-state index is 3.80. The van der Waals surface area contributed by atoms with E-state index in [1.165, 1.54) is 28.0 Å². The molecule has 0 saturated heterocycles. The minimum atomic E-state index is 0.308. The minimum absolute atomic E-state index is 0.308. The van der Waals surface area contributed by atoms with Gasteiger partial charge in [0.25, 0.3) is 5.54 Å². The third-order valence-corrected chi connectivity index (χ3v) is 3.96. The van der Waals surface area contributed by atoms with Gasteiger partial charge >= 0.3 is 0 Å². The summed E-state index contributed by atoms with van der Waals surface area (Å²) in [6.07, 6.45) is 8.50. The van der Waals surface area contributed by atoms with Gasteiger partial charge in [-0.15, -0.1) is 15.8 Å². The number of halogens is 1. The Morgan fingerprint density at radius 3 is 1.94 bits per heavy atom. The molecule has 1 saturated carbocycles. The molecule has 0 heterocycles. The highest BCUT2D eigenvalue weighted by Gasteiger charge is 2.30. The van der Waals surface area contributed by atoms with Crippen molar-refractivity contribution in [3.8, 4) is 0 Å². The molecule has 0 atom stereocenters. The second-order valence-corrected chi connectivity index (χ2v) is 5.31. The van der Waals surface area contributed by atoms with Crippen molar-refractivity contribution in [2.75, 3.05) is 0 Å². The smallest absolute Gasteiger partial charge is 0.149 e. The molecule has 0 bridgehead atoms. The quantitative estimate of drug-likeness (QED) is 0.727. The summed E-state index contributed by atoms with van der Waals surface area (Å²) in [5.41, 5.74) is 5.77. The highest BCUT2D eigenvalue weighted by Crippen LogP contribution is 2.29. The van der Waals surface area contributed by atoms with Gasteiger partial charge in [0.2, 0.25) is 0 Å². The Morgan fingerprint density at radius 1 is 0.938 bits per heavy atom. The molecule has 1 fully saturated rings. The van der Waals surface area contributed by atoms with Gasteiger partial charge < -0.3 is 0 Å². The topological polar surface area (TPSA) is 0 Å². The summed E-state index contributed by atoms with van der Waals surface area (Å²) in [5, 5.41) is 0. The lowest BCUT2D eigenvalue weighted by molar-refractivity contribution is 1.35. The second-order valence-electron chi connectivity index (χ2n) is 4.39. The van der Waals surface area contributed by atoms with Gasteiger partial charge in [0.15, 0.2) is 0 Å². The zero-order valence-electron chi connectivity index (χ0n) is 9.92.